The number of anilines is 6. The van der Waals surface area contributed by atoms with Crippen molar-refractivity contribution in [1.82, 2.24) is 9.97 Å². The third-order valence-corrected chi connectivity index (χ3v) is 4.59. The van der Waals surface area contributed by atoms with Gasteiger partial charge in [0.2, 0.25) is 0 Å². The molecule has 146 valence electrons. The maximum absolute atomic E-state index is 4.32. The molecule has 6 nitrogen and oxygen atoms in total. The van der Waals surface area contributed by atoms with Crippen LogP contribution < -0.4 is 20.4 Å². The maximum atomic E-state index is 4.32. The van der Waals surface area contributed by atoms with Gasteiger partial charge < -0.3 is 20.4 Å². The molecule has 3 aromatic rings. The minimum absolute atomic E-state index is 0.745. The molecule has 0 atom stereocenters. The second-order valence-corrected chi connectivity index (χ2v) is 6.70. The number of nitrogens with one attached hydrogen (secondary N) is 2. The average Bonchev–Trinajstić information content (AvgIpc) is 2.71. The first-order valence-electron chi connectivity index (χ1n) is 9.57. The van der Waals surface area contributed by atoms with Crippen LogP contribution in [0.15, 0.2) is 60.9 Å². The van der Waals surface area contributed by atoms with Crippen LogP contribution in [-0.4, -0.2) is 37.2 Å². The van der Waals surface area contributed by atoms with Gasteiger partial charge in [-0.3, -0.25) is 0 Å². The standard InChI is InChI=1S/C22H28N6/c1-5-28(6-2)20-13-9-18(10-14-20)26-22-15-21(23-16-24-22)25-17-7-11-19(12-8-17)27(3)4/h7-16H,5-6H2,1-4H3,(H2,23,24,25,26). The molecule has 28 heavy (non-hydrogen) atoms. The molecule has 0 saturated heterocycles. The van der Waals surface area contributed by atoms with E-state index in [9.17, 15) is 0 Å². The number of rotatable bonds is 8. The second-order valence-electron chi connectivity index (χ2n) is 6.70. The summed E-state index contributed by atoms with van der Waals surface area (Å²) in [6.07, 6.45) is 1.56. The minimum Gasteiger partial charge on any atom is -0.378 e. The Morgan fingerprint density at radius 2 is 1.18 bits per heavy atom. The molecule has 0 saturated carbocycles. The first-order chi connectivity index (χ1) is 13.6. The zero-order valence-corrected chi connectivity index (χ0v) is 17.0. The second kappa shape index (κ2) is 9.08. The van der Waals surface area contributed by atoms with Crippen LogP contribution in [0.5, 0.6) is 0 Å². The molecule has 1 heterocycles. The summed E-state index contributed by atoms with van der Waals surface area (Å²) in [6.45, 7) is 6.33. The lowest BCUT2D eigenvalue weighted by molar-refractivity contribution is 0.866. The third-order valence-electron chi connectivity index (χ3n) is 4.59. The van der Waals surface area contributed by atoms with E-state index in [0.29, 0.717) is 0 Å². The Morgan fingerprint density at radius 3 is 1.61 bits per heavy atom. The third kappa shape index (κ3) is 4.91. The summed E-state index contributed by atoms with van der Waals surface area (Å²) in [6, 6.07) is 18.5. The lowest BCUT2D eigenvalue weighted by Gasteiger charge is -2.21. The maximum Gasteiger partial charge on any atom is 0.135 e. The summed E-state index contributed by atoms with van der Waals surface area (Å²) < 4.78 is 0. The molecular weight excluding hydrogens is 348 g/mol. The zero-order valence-electron chi connectivity index (χ0n) is 17.0. The lowest BCUT2D eigenvalue weighted by Crippen LogP contribution is -2.21. The van der Waals surface area contributed by atoms with Crippen molar-refractivity contribution in [2.24, 2.45) is 0 Å². The van der Waals surface area contributed by atoms with E-state index in [4.69, 9.17) is 0 Å². The Kier molecular flexibility index (Phi) is 6.32. The Labute approximate surface area is 167 Å². The Balaban J connectivity index is 1.67. The van der Waals surface area contributed by atoms with Gasteiger partial charge in [-0.25, -0.2) is 9.97 Å². The van der Waals surface area contributed by atoms with Gasteiger partial charge in [-0.15, -0.1) is 0 Å². The fourth-order valence-electron chi connectivity index (χ4n) is 2.98. The van der Waals surface area contributed by atoms with E-state index in [-0.39, 0.29) is 0 Å². The predicted octanol–water partition coefficient (Wildman–Crippen LogP) is 4.88. The van der Waals surface area contributed by atoms with Gasteiger partial charge in [0.05, 0.1) is 0 Å². The molecule has 0 aliphatic rings. The molecule has 2 aromatic carbocycles. The minimum atomic E-state index is 0.745. The zero-order chi connectivity index (χ0) is 19.9. The highest BCUT2D eigenvalue weighted by Gasteiger charge is 2.04. The fourth-order valence-corrected chi connectivity index (χ4v) is 2.98. The Morgan fingerprint density at radius 1 is 0.714 bits per heavy atom. The summed E-state index contributed by atoms with van der Waals surface area (Å²) in [5.41, 5.74) is 4.36. The topological polar surface area (TPSA) is 56.3 Å². The number of hydrogen-bond acceptors (Lipinski definition) is 6. The van der Waals surface area contributed by atoms with E-state index in [1.807, 2.05) is 32.3 Å². The number of benzene rings is 2. The molecule has 0 unspecified atom stereocenters. The Hall–Kier alpha value is -3.28. The predicted molar refractivity (Wildman–Crippen MR) is 119 cm³/mol. The van der Waals surface area contributed by atoms with Gasteiger partial charge >= 0.3 is 0 Å². The van der Waals surface area contributed by atoms with Gasteiger partial charge in [0.1, 0.15) is 18.0 Å². The summed E-state index contributed by atoms with van der Waals surface area (Å²) in [5.74, 6) is 1.49. The molecule has 0 bridgehead atoms. The van der Waals surface area contributed by atoms with Crippen LogP contribution in [0, 0.1) is 0 Å². The van der Waals surface area contributed by atoms with E-state index in [1.165, 1.54) is 5.69 Å². The molecule has 0 spiro atoms. The summed E-state index contributed by atoms with van der Waals surface area (Å²) >= 11 is 0. The van der Waals surface area contributed by atoms with Gasteiger partial charge in [-0.05, 0) is 62.4 Å². The SMILES string of the molecule is CCN(CC)c1ccc(Nc2cc(Nc3ccc(N(C)C)cc3)ncn2)cc1. The van der Waals surface area contributed by atoms with Crippen LogP contribution in [0.4, 0.5) is 34.4 Å². The van der Waals surface area contributed by atoms with Crippen molar-refractivity contribution in [1.29, 1.82) is 0 Å². The van der Waals surface area contributed by atoms with Crippen LogP contribution in [0.25, 0.3) is 0 Å². The first-order valence-corrected chi connectivity index (χ1v) is 9.57. The van der Waals surface area contributed by atoms with Crippen molar-refractivity contribution in [3.8, 4) is 0 Å². The van der Waals surface area contributed by atoms with E-state index in [2.05, 4.69) is 80.6 Å². The van der Waals surface area contributed by atoms with Gasteiger partial charge in [-0.2, -0.15) is 0 Å². The molecule has 0 radical (unpaired) electrons. The lowest BCUT2D eigenvalue weighted by atomic mass is 10.2. The molecule has 3 rings (SSSR count). The average molecular weight is 377 g/mol. The smallest absolute Gasteiger partial charge is 0.135 e. The van der Waals surface area contributed by atoms with Crippen LogP contribution in [0.1, 0.15) is 13.8 Å². The van der Waals surface area contributed by atoms with Gasteiger partial charge in [0.15, 0.2) is 0 Å². The van der Waals surface area contributed by atoms with Crippen molar-refractivity contribution in [3.05, 3.63) is 60.9 Å². The summed E-state index contributed by atoms with van der Waals surface area (Å²) in [7, 11) is 4.05. The monoisotopic (exact) mass is 376 g/mol. The highest BCUT2D eigenvalue weighted by atomic mass is 15.1. The largest absolute Gasteiger partial charge is 0.378 e. The Bertz CT molecular complexity index is 870. The quantitative estimate of drug-likeness (QED) is 0.585. The van der Waals surface area contributed by atoms with Crippen molar-refractivity contribution in [2.75, 3.05) is 47.6 Å². The highest BCUT2D eigenvalue weighted by molar-refractivity contribution is 5.65. The van der Waals surface area contributed by atoms with Gasteiger partial charge in [0.25, 0.3) is 0 Å². The van der Waals surface area contributed by atoms with Crippen LogP contribution in [0.2, 0.25) is 0 Å². The molecule has 2 N–H and O–H groups in total. The van der Waals surface area contributed by atoms with Crippen molar-refractivity contribution in [3.63, 3.8) is 0 Å². The van der Waals surface area contributed by atoms with E-state index in [1.54, 1.807) is 6.33 Å². The summed E-state index contributed by atoms with van der Waals surface area (Å²) in [5, 5.41) is 6.66. The van der Waals surface area contributed by atoms with E-state index >= 15 is 0 Å². The molecule has 0 fully saturated rings. The van der Waals surface area contributed by atoms with Crippen LogP contribution in [-0.2, 0) is 0 Å². The van der Waals surface area contributed by atoms with Gasteiger partial charge in [-0.1, -0.05) is 0 Å². The number of aromatic nitrogens is 2. The fraction of sp³-hybridized carbons (Fsp3) is 0.273. The van der Waals surface area contributed by atoms with Crippen molar-refractivity contribution < 1.29 is 0 Å². The molecule has 1 aromatic heterocycles. The molecule has 0 amide bonds. The van der Waals surface area contributed by atoms with Crippen LogP contribution in [0.3, 0.4) is 0 Å². The molecule has 0 aliphatic carbocycles. The molecular formula is C22H28N6. The van der Waals surface area contributed by atoms with Crippen LogP contribution >= 0.6 is 0 Å². The molecule has 6 heteroatoms. The normalized spacial score (nSPS) is 10.4. The summed E-state index contributed by atoms with van der Waals surface area (Å²) in [4.78, 5) is 13.0. The number of nitrogens with zero attached hydrogens (tertiary/aromatic N) is 4. The highest BCUT2D eigenvalue weighted by Crippen LogP contribution is 2.23. The van der Waals surface area contributed by atoms with Gasteiger partial charge in [0, 0.05) is 56.0 Å². The van der Waals surface area contributed by atoms with E-state index in [0.717, 1.165) is 41.8 Å². The first kappa shape index (κ1) is 19.5. The number of hydrogen-bond donors (Lipinski definition) is 2. The molecule has 0 aliphatic heterocycles. The van der Waals surface area contributed by atoms with Crippen molar-refractivity contribution in [2.45, 2.75) is 13.8 Å². The van der Waals surface area contributed by atoms with Crippen molar-refractivity contribution >= 4 is 34.4 Å². The van der Waals surface area contributed by atoms with E-state index < -0.39 is 0 Å².